The Hall–Kier alpha value is -1.83. The molecule has 2 fully saturated rings. The molecule has 136 valence electrons. The number of nitrogens with zero attached hydrogens (tertiary/aromatic N) is 3. The molecule has 3 aliphatic heterocycles. The number of carbonyl (C=O) groups is 1. The topological polar surface area (TPSA) is 54.5 Å². The zero-order chi connectivity index (χ0) is 17.1. The van der Waals surface area contributed by atoms with E-state index < -0.39 is 0 Å². The van der Waals surface area contributed by atoms with E-state index >= 15 is 0 Å². The van der Waals surface area contributed by atoms with Crippen LogP contribution in [0.1, 0.15) is 10.4 Å². The molecule has 0 bridgehead atoms. The van der Waals surface area contributed by atoms with Crippen molar-refractivity contribution in [2.24, 2.45) is 0 Å². The predicted octanol–water partition coefficient (Wildman–Crippen LogP) is 0.505. The van der Waals surface area contributed by atoms with Crippen molar-refractivity contribution in [2.75, 3.05) is 72.4 Å². The third kappa shape index (κ3) is 3.89. The Kier molecular flexibility index (Phi) is 5.05. The first-order valence-electron chi connectivity index (χ1n) is 9.01. The molecule has 25 heavy (non-hydrogen) atoms. The standard InChI is InChI=1S/C18H25N3O4/c22-18(15-1-2-16-17(13-15)25-14-24-16)21-7-5-19(6-8-21)3-4-20-9-11-23-12-10-20/h1-2,13H,3-12,14H2. The van der Waals surface area contributed by atoms with Gasteiger partial charge in [-0.2, -0.15) is 0 Å². The Morgan fingerprint density at radius 2 is 1.56 bits per heavy atom. The first kappa shape index (κ1) is 16.6. The van der Waals surface area contributed by atoms with Crippen molar-refractivity contribution in [2.45, 2.75) is 0 Å². The highest BCUT2D eigenvalue weighted by atomic mass is 16.7. The first-order chi connectivity index (χ1) is 12.3. The van der Waals surface area contributed by atoms with Crippen LogP contribution in [0.5, 0.6) is 11.5 Å². The lowest BCUT2D eigenvalue weighted by Gasteiger charge is -2.36. The van der Waals surface area contributed by atoms with Crippen molar-refractivity contribution in [1.29, 1.82) is 0 Å². The molecule has 0 aliphatic carbocycles. The Morgan fingerprint density at radius 3 is 2.32 bits per heavy atom. The molecule has 0 atom stereocenters. The fraction of sp³-hybridized carbons (Fsp3) is 0.611. The lowest BCUT2D eigenvalue weighted by Crippen LogP contribution is -2.51. The number of fused-ring (bicyclic) bond motifs is 1. The average Bonchev–Trinajstić information content (AvgIpc) is 3.15. The molecule has 7 nitrogen and oxygen atoms in total. The van der Waals surface area contributed by atoms with Crippen LogP contribution < -0.4 is 9.47 Å². The normalized spacial score (nSPS) is 21.5. The molecular formula is C18H25N3O4. The lowest BCUT2D eigenvalue weighted by molar-refractivity contribution is 0.0293. The summed E-state index contributed by atoms with van der Waals surface area (Å²) in [6.45, 7) is 9.54. The Bertz CT molecular complexity index is 610. The van der Waals surface area contributed by atoms with Gasteiger partial charge in [-0.15, -0.1) is 0 Å². The molecule has 1 aromatic carbocycles. The summed E-state index contributed by atoms with van der Waals surface area (Å²) in [6, 6.07) is 5.42. The van der Waals surface area contributed by atoms with Crippen molar-refractivity contribution >= 4 is 5.91 Å². The summed E-state index contributed by atoms with van der Waals surface area (Å²) in [4.78, 5) is 19.5. The highest BCUT2D eigenvalue weighted by Gasteiger charge is 2.24. The Morgan fingerprint density at radius 1 is 0.880 bits per heavy atom. The van der Waals surface area contributed by atoms with Crippen LogP contribution in [0.15, 0.2) is 18.2 Å². The molecule has 7 heteroatoms. The van der Waals surface area contributed by atoms with Gasteiger partial charge < -0.3 is 19.1 Å². The Labute approximate surface area is 148 Å². The van der Waals surface area contributed by atoms with E-state index in [1.54, 1.807) is 6.07 Å². The predicted molar refractivity (Wildman–Crippen MR) is 92.2 cm³/mol. The van der Waals surface area contributed by atoms with E-state index in [9.17, 15) is 4.79 Å². The highest BCUT2D eigenvalue weighted by Crippen LogP contribution is 2.32. The summed E-state index contributed by atoms with van der Waals surface area (Å²) in [5, 5.41) is 0. The average molecular weight is 347 g/mol. The van der Waals surface area contributed by atoms with Crippen LogP contribution in [-0.2, 0) is 4.74 Å². The minimum atomic E-state index is 0.0751. The van der Waals surface area contributed by atoms with Gasteiger partial charge in [-0.25, -0.2) is 0 Å². The molecule has 1 aromatic rings. The van der Waals surface area contributed by atoms with E-state index in [1.807, 2.05) is 17.0 Å². The van der Waals surface area contributed by atoms with Crippen molar-refractivity contribution in [1.82, 2.24) is 14.7 Å². The van der Waals surface area contributed by atoms with Gasteiger partial charge >= 0.3 is 0 Å². The summed E-state index contributed by atoms with van der Waals surface area (Å²) in [6.07, 6.45) is 0. The number of morpholine rings is 1. The number of hydrogen-bond acceptors (Lipinski definition) is 6. The molecule has 0 unspecified atom stereocenters. The zero-order valence-corrected chi connectivity index (χ0v) is 14.5. The van der Waals surface area contributed by atoms with E-state index in [0.29, 0.717) is 17.1 Å². The van der Waals surface area contributed by atoms with E-state index in [-0.39, 0.29) is 12.7 Å². The van der Waals surface area contributed by atoms with Gasteiger partial charge in [0.05, 0.1) is 13.2 Å². The number of piperazine rings is 1. The molecule has 1 amide bonds. The second-order valence-corrected chi connectivity index (χ2v) is 6.66. The molecule has 0 aromatic heterocycles. The number of ether oxygens (including phenoxy) is 3. The third-order valence-corrected chi connectivity index (χ3v) is 5.12. The van der Waals surface area contributed by atoms with Crippen molar-refractivity contribution in [3.05, 3.63) is 23.8 Å². The van der Waals surface area contributed by atoms with Gasteiger partial charge in [-0.3, -0.25) is 14.6 Å². The smallest absolute Gasteiger partial charge is 0.254 e. The van der Waals surface area contributed by atoms with Gasteiger partial charge in [0.2, 0.25) is 6.79 Å². The molecule has 3 heterocycles. The Balaban J connectivity index is 1.26. The lowest BCUT2D eigenvalue weighted by atomic mass is 10.1. The van der Waals surface area contributed by atoms with Gasteiger partial charge in [-0.1, -0.05) is 0 Å². The maximum atomic E-state index is 12.7. The monoisotopic (exact) mass is 347 g/mol. The summed E-state index contributed by atoms with van der Waals surface area (Å²) >= 11 is 0. The summed E-state index contributed by atoms with van der Waals surface area (Å²) in [5.41, 5.74) is 0.672. The maximum absolute atomic E-state index is 12.7. The molecular weight excluding hydrogens is 322 g/mol. The number of benzene rings is 1. The van der Waals surface area contributed by atoms with E-state index in [2.05, 4.69) is 9.80 Å². The quantitative estimate of drug-likeness (QED) is 0.791. The second-order valence-electron chi connectivity index (χ2n) is 6.66. The van der Waals surface area contributed by atoms with Gasteiger partial charge in [0.25, 0.3) is 5.91 Å². The zero-order valence-electron chi connectivity index (χ0n) is 14.5. The molecule has 0 radical (unpaired) electrons. The molecule has 4 rings (SSSR count). The van der Waals surface area contributed by atoms with Crippen LogP contribution >= 0.6 is 0 Å². The number of hydrogen-bond donors (Lipinski definition) is 0. The van der Waals surface area contributed by atoms with E-state index in [0.717, 1.165) is 65.6 Å². The van der Waals surface area contributed by atoms with E-state index in [1.165, 1.54) is 0 Å². The van der Waals surface area contributed by atoms with Crippen LogP contribution in [-0.4, -0.2) is 93.0 Å². The van der Waals surface area contributed by atoms with E-state index in [4.69, 9.17) is 14.2 Å². The van der Waals surface area contributed by atoms with Crippen LogP contribution in [0.2, 0.25) is 0 Å². The van der Waals surface area contributed by atoms with Crippen LogP contribution in [0.25, 0.3) is 0 Å². The van der Waals surface area contributed by atoms with Crippen molar-refractivity contribution in [3.63, 3.8) is 0 Å². The van der Waals surface area contributed by atoms with Gasteiger partial charge in [0, 0.05) is 57.9 Å². The highest BCUT2D eigenvalue weighted by molar-refractivity contribution is 5.95. The second kappa shape index (κ2) is 7.59. The molecule has 2 saturated heterocycles. The van der Waals surface area contributed by atoms with Gasteiger partial charge in [-0.05, 0) is 18.2 Å². The fourth-order valence-corrected chi connectivity index (χ4v) is 3.49. The van der Waals surface area contributed by atoms with Crippen LogP contribution in [0, 0.1) is 0 Å². The van der Waals surface area contributed by atoms with Gasteiger partial charge in [0.1, 0.15) is 0 Å². The largest absolute Gasteiger partial charge is 0.454 e. The number of carbonyl (C=O) groups excluding carboxylic acids is 1. The molecule has 0 spiro atoms. The minimum absolute atomic E-state index is 0.0751. The van der Waals surface area contributed by atoms with Gasteiger partial charge in [0.15, 0.2) is 11.5 Å². The molecule has 3 aliphatic rings. The molecule has 0 saturated carbocycles. The number of amides is 1. The summed E-state index contributed by atoms with van der Waals surface area (Å²) in [5.74, 6) is 1.45. The SMILES string of the molecule is O=C(c1ccc2c(c1)OCO2)N1CCN(CCN2CCOCC2)CC1. The molecule has 0 N–H and O–H groups in total. The van der Waals surface area contributed by atoms with Crippen molar-refractivity contribution in [3.8, 4) is 11.5 Å². The summed E-state index contributed by atoms with van der Waals surface area (Å²) < 4.78 is 16.1. The van der Waals surface area contributed by atoms with Crippen molar-refractivity contribution < 1.29 is 19.0 Å². The maximum Gasteiger partial charge on any atom is 0.254 e. The fourth-order valence-electron chi connectivity index (χ4n) is 3.49. The minimum Gasteiger partial charge on any atom is -0.454 e. The number of rotatable bonds is 4. The van der Waals surface area contributed by atoms with Crippen LogP contribution in [0.4, 0.5) is 0 Å². The summed E-state index contributed by atoms with van der Waals surface area (Å²) in [7, 11) is 0. The first-order valence-corrected chi connectivity index (χ1v) is 9.01. The van der Waals surface area contributed by atoms with Crippen LogP contribution in [0.3, 0.4) is 0 Å². The third-order valence-electron chi connectivity index (χ3n) is 5.12.